The quantitative estimate of drug-likeness (QED) is 0.596. The van der Waals surface area contributed by atoms with Gasteiger partial charge in [-0.25, -0.2) is 9.79 Å². The number of phenols is 1. The van der Waals surface area contributed by atoms with Gasteiger partial charge in [-0.05, 0) is 49.1 Å². The molecular weight excluding hydrogens is 436 g/mol. The van der Waals surface area contributed by atoms with Crippen LogP contribution in [-0.4, -0.2) is 29.4 Å². The third-order valence-electron chi connectivity index (χ3n) is 4.83. The molecule has 0 saturated heterocycles. The Kier molecular flexibility index (Phi) is 5.79. The number of aromatic hydroxyl groups is 1. The van der Waals surface area contributed by atoms with Crippen molar-refractivity contribution in [2.24, 2.45) is 4.99 Å². The Hall–Kier alpha value is -3.17. The van der Waals surface area contributed by atoms with Crippen LogP contribution < -0.4 is 19.6 Å². The fourth-order valence-electron chi connectivity index (χ4n) is 3.44. The maximum absolute atomic E-state index is 13.4. The van der Waals surface area contributed by atoms with E-state index in [1.807, 2.05) is 17.5 Å². The van der Waals surface area contributed by atoms with E-state index < -0.39 is 12.0 Å². The fraction of sp³-hybridized carbons (Fsp3) is 0.227. The maximum Gasteiger partial charge on any atom is 0.338 e. The van der Waals surface area contributed by atoms with Gasteiger partial charge in [0.1, 0.15) is 6.04 Å². The minimum atomic E-state index is -0.591. The van der Waals surface area contributed by atoms with Gasteiger partial charge in [-0.1, -0.05) is 23.5 Å². The van der Waals surface area contributed by atoms with Crippen molar-refractivity contribution < 1.29 is 19.4 Å². The number of thiazole rings is 1. The lowest BCUT2D eigenvalue weighted by Gasteiger charge is -2.23. The zero-order valence-corrected chi connectivity index (χ0v) is 18.8. The van der Waals surface area contributed by atoms with Crippen LogP contribution in [0.5, 0.6) is 11.5 Å². The summed E-state index contributed by atoms with van der Waals surface area (Å²) in [6.07, 6.45) is 1.72. The Morgan fingerprint density at radius 2 is 2.16 bits per heavy atom. The van der Waals surface area contributed by atoms with Gasteiger partial charge in [0.25, 0.3) is 5.56 Å². The molecule has 1 aliphatic heterocycles. The molecule has 0 aliphatic carbocycles. The Balaban J connectivity index is 1.92. The highest BCUT2D eigenvalue weighted by Crippen LogP contribution is 2.33. The maximum atomic E-state index is 13.4. The molecular formula is C22H20N2O5S2. The monoisotopic (exact) mass is 456 g/mol. The van der Waals surface area contributed by atoms with Crippen molar-refractivity contribution in [3.8, 4) is 11.5 Å². The van der Waals surface area contributed by atoms with Gasteiger partial charge in [0.2, 0.25) is 0 Å². The van der Waals surface area contributed by atoms with Crippen LogP contribution in [0.4, 0.5) is 0 Å². The molecule has 0 saturated carbocycles. The standard InChI is InChI=1S/C22H20N2O5S2/c1-4-29-21(27)18-12(2)23-22-24(19(18)16-6-5-9-30-16)20(26)17(31-22)11-13-7-8-14(25)15(10-13)28-3/h5-11,19,25H,4H2,1-3H3/t19-/m0/s1. The Labute approximate surface area is 185 Å². The molecule has 1 aromatic carbocycles. The van der Waals surface area contributed by atoms with Crippen LogP contribution in [0.1, 0.15) is 30.3 Å². The number of fused-ring (bicyclic) bond motifs is 1. The number of allylic oxidation sites excluding steroid dienone is 1. The average Bonchev–Trinajstić information content (AvgIpc) is 3.37. The van der Waals surface area contributed by atoms with Crippen LogP contribution in [0.25, 0.3) is 6.08 Å². The Bertz CT molecular complexity index is 1350. The minimum absolute atomic E-state index is 0.0218. The molecule has 0 fully saturated rings. The molecule has 3 aromatic rings. The van der Waals surface area contributed by atoms with Gasteiger partial charge in [-0.3, -0.25) is 9.36 Å². The Morgan fingerprint density at radius 1 is 1.35 bits per heavy atom. The number of ether oxygens (including phenoxy) is 2. The van der Waals surface area contributed by atoms with E-state index in [-0.39, 0.29) is 17.9 Å². The minimum Gasteiger partial charge on any atom is -0.504 e. The number of carbonyl (C=O) groups excluding carboxylic acids is 1. The second kappa shape index (κ2) is 8.52. The highest BCUT2D eigenvalue weighted by atomic mass is 32.1. The third-order valence-corrected chi connectivity index (χ3v) is 6.74. The average molecular weight is 457 g/mol. The Morgan fingerprint density at radius 3 is 2.84 bits per heavy atom. The number of nitrogens with zero attached hydrogens (tertiary/aromatic N) is 2. The number of methoxy groups -OCH3 is 1. The van der Waals surface area contributed by atoms with Gasteiger partial charge in [-0.2, -0.15) is 0 Å². The molecule has 160 valence electrons. The number of hydrogen-bond donors (Lipinski definition) is 1. The molecule has 1 atom stereocenters. The van der Waals surface area contributed by atoms with E-state index >= 15 is 0 Å². The van der Waals surface area contributed by atoms with Crippen LogP contribution in [0.15, 0.2) is 56.8 Å². The summed E-state index contributed by atoms with van der Waals surface area (Å²) in [5.41, 5.74) is 1.36. The van der Waals surface area contributed by atoms with Crippen molar-refractivity contribution in [1.82, 2.24) is 4.57 Å². The predicted molar refractivity (Wildman–Crippen MR) is 119 cm³/mol. The lowest BCUT2D eigenvalue weighted by molar-refractivity contribution is -0.139. The van der Waals surface area contributed by atoms with Crippen molar-refractivity contribution >= 4 is 34.7 Å². The van der Waals surface area contributed by atoms with Crippen molar-refractivity contribution in [2.45, 2.75) is 19.9 Å². The number of aromatic nitrogens is 1. The molecule has 0 unspecified atom stereocenters. The number of benzene rings is 1. The molecule has 4 rings (SSSR count). The van der Waals surface area contributed by atoms with Crippen molar-refractivity contribution in [3.05, 3.63) is 77.1 Å². The predicted octanol–water partition coefficient (Wildman–Crippen LogP) is 2.57. The summed E-state index contributed by atoms with van der Waals surface area (Å²) in [6, 6.07) is 8.05. The van der Waals surface area contributed by atoms with Crippen LogP contribution >= 0.6 is 22.7 Å². The van der Waals surface area contributed by atoms with Gasteiger partial charge < -0.3 is 14.6 Å². The van der Waals surface area contributed by atoms with Gasteiger partial charge in [-0.15, -0.1) is 11.3 Å². The van der Waals surface area contributed by atoms with Crippen molar-refractivity contribution in [1.29, 1.82) is 0 Å². The fourth-order valence-corrected chi connectivity index (χ4v) is 5.31. The molecule has 0 spiro atoms. The summed E-state index contributed by atoms with van der Waals surface area (Å²) >= 11 is 2.72. The first kappa shape index (κ1) is 21.1. The van der Waals surface area contributed by atoms with Crippen molar-refractivity contribution in [2.75, 3.05) is 13.7 Å². The molecule has 0 radical (unpaired) electrons. The van der Waals surface area contributed by atoms with E-state index in [9.17, 15) is 14.7 Å². The van der Waals surface area contributed by atoms with Crippen LogP contribution in [0.2, 0.25) is 0 Å². The molecule has 1 aliphatic rings. The summed E-state index contributed by atoms with van der Waals surface area (Å²) in [4.78, 5) is 32.1. The molecule has 1 N–H and O–H groups in total. The first-order valence-electron chi connectivity index (χ1n) is 9.54. The first-order chi connectivity index (χ1) is 14.9. The molecule has 31 heavy (non-hydrogen) atoms. The molecule has 3 heterocycles. The molecule has 2 aromatic heterocycles. The molecule has 7 nitrogen and oxygen atoms in total. The van der Waals surface area contributed by atoms with Gasteiger partial charge in [0, 0.05) is 4.88 Å². The van der Waals surface area contributed by atoms with Crippen molar-refractivity contribution in [3.63, 3.8) is 0 Å². The number of thiophene rings is 1. The van der Waals surface area contributed by atoms with E-state index in [1.54, 1.807) is 36.6 Å². The lowest BCUT2D eigenvalue weighted by Crippen LogP contribution is -2.39. The van der Waals surface area contributed by atoms with Crippen LogP contribution in [0, 0.1) is 0 Å². The number of esters is 1. The van der Waals surface area contributed by atoms with E-state index in [0.29, 0.717) is 31.9 Å². The number of carbonyl (C=O) groups is 1. The molecule has 0 amide bonds. The second-order valence-electron chi connectivity index (χ2n) is 6.75. The van der Waals surface area contributed by atoms with E-state index in [2.05, 4.69) is 4.99 Å². The normalized spacial score (nSPS) is 16.1. The number of hydrogen-bond acceptors (Lipinski definition) is 8. The first-order valence-corrected chi connectivity index (χ1v) is 11.2. The highest BCUT2D eigenvalue weighted by molar-refractivity contribution is 7.10. The van der Waals surface area contributed by atoms with Gasteiger partial charge in [0.05, 0.1) is 29.5 Å². The lowest BCUT2D eigenvalue weighted by atomic mass is 10.0. The zero-order chi connectivity index (χ0) is 22.1. The van der Waals surface area contributed by atoms with E-state index in [0.717, 1.165) is 4.88 Å². The molecule has 0 bridgehead atoms. The molecule has 9 heteroatoms. The number of phenolic OH excluding ortho intramolecular Hbond substituents is 1. The topological polar surface area (TPSA) is 90.1 Å². The smallest absolute Gasteiger partial charge is 0.338 e. The van der Waals surface area contributed by atoms with Crippen LogP contribution in [0.3, 0.4) is 0 Å². The summed E-state index contributed by atoms with van der Waals surface area (Å²) < 4.78 is 12.4. The summed E-state index contributed by atoms with van der Waals surface area (Å²) in [5, 5.41) is 11.7. The second-order valence-corrected chi connectivity index (χ2v) is 8.74. The largest absolute Gasteiger partial charge is 0.504 e. The zero-order valence-electron chi connectivity index (χ0n) is 17.1. The third kappa shape index (κ3) is 3.82. The summed E-state index contributed by atoms with van der Waals surface area (Å²) in [6.45, 7) is 3.74. The van der Waals surface area contributed by atoms with E-state index in [4.69, 9.17) is 9.47 Å². The SMILES string of the molecule is CCOC(=O)C1=C(C)N=c2sc(=Cc3ccc(O)c(OC)c3)c(=O)n2[C@H]1c1cccs1. The summed E-state index contributed by atoms with van der Waals surface area (Å²) in [7, 11) is 1.47. The number of rotatable bonds is 5. The van der Waals surface area contributed by atoms with Gasteiger partial charge in [0.15, 0.2) is 16.3 Å². The van der Waals surface area contributed by atoms with E-state index in [1.165, 1.54) is 35.8 Å². The summed E-state index contributed by atoms with van der Waals surface area (Å²) in [5.74, 6) is -0.133. The van der Waals surface area contributed by atoms with Gasteiger partial charge >= 0.3 is 5.97 Å². The van der Waals surface area contributed by atoms with Crippen LogP contribution in [-0.2, 0) is 9.53 Å². The highest BCUT2D eigenvalue weighted by Gasteiger charge is 2.33.